The first-order valence-electron chi connectivity index (χ1n) is 12.8. The number of carbonyl (C=O) groups excluding carboxylic acids is 2. The van der Waals surface area contributed by atoms with E-state index in [2.05, 4.69) is 6.92 Å². The van der Waals surface area contributed by atoms with Crippen LogP contribution in [-0.4, -0.2) is 30.2 Å². The summed E-state index contributed by atoms with van der Waals surface area (Å²) in [5.74, 6) is -0.581. The van der Waals surface area contributed by atoms with Gasteiger partial charge >= 0.3 is 5.97 Å². The second-order valence-corrected chi connectivity index (χ2v) is 10.2. The highest BCUT2D eigenvalue weighted by atomic mass is 35.5. The van der Waals surface area contributed by atoms with Crippen LogP contribution in [0.1, 0.15) is 76.3 Å². The van der Waals surface area contributed by atoms with E-state index in [-0.39, 0.29) is 23.8 Å². The van der Waals surface area contributed by atoms with E-state index < -0.39 is 11.8 Å². The fourth-order valence-corrected chi connectivity index (χ4v) is 5.17. The van der Waals surface area contributed by atoms with Crippen LogP contribution < -0.4 is 4.74 Å². The van der Waals surface area contributed by atoms with Gasteiger partial charge in [0.2, 0.25) is 0 Å². The van der Waals surface area contributed by atoms with Crippen molar-refractivity contribution in [1.82, 2.24) is 0 Å². The number of ketones is 1. The quantitative estimate of drug-likeness (QED) is 0.359. The van der Waals surface area contributed by atoms with Gasteiger partial charge in [-0.1, -0.05) is 49.7 Å². The Bertz CT molecular complexity index is 1170. The van der Waals surface area contributed by atoms with E-state index in [1.54, 1.807) is 0 Å². The molecule has 4 atom stereocenters. The highest BCUT2D eigenvalue weighted by Crippen LogP contribution is 2.47. The molecule has 4 unspecified atom stereocenters. The van der Waals surface area contributed by atoms with Crippen molar-refractivity contribution in [3.63, 3.8) is 0 Å². The van der Waals surface area contributed by atoms with Gasteiger partial charge in [-0.25, -0.2) is 0 Å². The number of rotatable bonds is 8. The van der Waals surface area contributed by atoms with Gasteiger partial charge in [-0.2, -0.15) is 0 Å². The van der Waals surface area contributed by atoms with E-state index in [9.17, 15) is 9.59 Å². The van der Waals surface area contributed by atoms with Gasteiger partial charge in [-0.05, 0) is 74.4 Å². The summed E-state index contributed by atoms with van der Waals surface area (Å²) in [7, 11) is 0. The number of hydrogen-bond donors (Lipinski definition) is 0. The Balaban J connectivity index is 1.74. The molecule has 0 fully saturated rings. The number of halogens is 1. The number of benzene rings is 2. The lowest BCUT2D eigenvalue weighted by atomic mass is 9.69. The molecule has 2 aromatic rings. The van der Waals surface area contributed by atoms with Crippen molar-refractivity contribution in [2.24, 2.45) is 10.9 Å². The Hall–Kier alpha value is -2.92. The summed E-state index contributed by atoms with van der Waals surface area (Å²) in [6, 6.07) is 15.4. The van der Waals surface area contributed by atoms with Gasteiger partial charge in [-0.3, -0.25) is 14.6 Å². The average molecular weight is 508 g/mol. The number of esters is 1. The van der Waals surface area contributed by atoms with E-state index in [1.165, 1.54) is 0 Å². The molecule has 5 nitrogen and oxygen atoms in total. The van der Waals surface area contributed by atoms with E-state index in [0.717, 1.165) is 35.4 Å². The number of Topliss-reactive ketones (excluding diaryl/α,β-unsaturated/α-hetero) is 1. The number of aliphatic imine (C=N–C) groups is 1. The zero-order chi connectivity index (χ0) is 25.8. The van der Waals surface area contributed by atoms with E-state index >= 15 is 0 Å². The second-order valence-electron chi connectivity index (χ2n) is 9.72. The van der Waals surface area contributed by atoms with Crippen LogP contribution in [0.2, 0.25) is 5.02 Å². The highest BCUT2D eigenvalue weighted by Gasteiger charge is 2.45. The first kappa shape index (κ1) is 26.2. The normalized spacial score (nSPS) is 22.5. The van der Waals surface area contributed by atoms with Crippen LogP contribution >= 0.6 is 11.6 Å². The maximum atomic E-state index is 13.7. The molecule has 1 aliphatic carbocycles. The molecule has 0 radical (unpaired) electrons. The van der Waals surface area contributed by atoms with Gasteiger partial charge in [0, 0.05) is 34.3 Å². The molecular formula is C30H34ClNO4. The van der Waals surface area contributed by atoms with Gasteiger partial charge in [0.05, 0.1) is 12.7 Å². The van der Waals surface area contributed by atoms with Crippen molar-refractivity contribution in [1.29, 1.82) is 0 Å². The summed E-state index contributed by atoms with van der Waals surface area (Å²) < 4.78 is 11.5. The summed E-state index contributed by atoms with van der Waals surface area (Å²) in [4.78, 5) is 31.9. The Kier molecular flexibility index (Phi) is 8.30. The molecule has 0 saturated carbocycles. The van der Waals surface area contributed by atoms with Gasteiger partial charge in [0.25, 0.3) is 0 Å². The number of hydrogen-bond acceptors (Lipinski definition) is 5. The monoisotopic (exact) mass is 507 g/mol. The van der Waals surface area contributed by atoms with Crippen LogP contribution in [0.3, 0.4) is 0 Å². The molecule has 2 aliphatic rings. The van der Waals surface area contributed by atoms with Crippen molar-refractivity contribution in [2.75, 3.05) is 6.61 Å². The number of ether oxygens (including phenoxy) is 2. The largest absolute Gasteiger partial charge is 0.494 e. The lowest BCUT2D eigenvalue weighted by molar-refractivity contribution is -0.151. The molecule has 1 heterocycles. The maximum Gasteiger partial charge on any atom is 0.315 e. The first-order chi connectivity index (χ1) is 17.3. The summed E-state index contributed by atoms with van der Waals surface area (Å²) in [6.45, 7) is 8.43. The molecule has 190 valence electrons. The lowest BCUT2D eigenvalue weighted by Crippen LogP contribution is -2.39. The maximum absolute atomic E-state index is 13.7. The first-order valence-corrected chi connectivity index (χ1v) is 13.2. The zero-order valence-corrected chi connectivity index (χ0v) is 22.2. The van der Waals surface area contributed by atoms with Crippen molar-refractivity contribution < 1.29 is 19.1 Å². The Morgan fingerprint density at radius 1 is 1.06 bits per heavy atom. The SMILES string of the molecule is CCCOc1ccc(C2C3=C(CC(c4ccc(Cl)cc4)CC3=O)N=C(C)C2C(=O)OC(C)CC)cc1. The molecule has 0 amide bonds. The van der Waals surface area contributed by atoms with Crippen molar-refractivity contribution in [3.05, 3.63) is 76.0 Å². The van der Waals surface area contributed by atoms with Crippen LogP contribution in [0.25, 0.3) is 0 Å². The summed E-state index contributed by atoms with van der Waals surface area (Å²) in [5, 5.41) is 0.668. The minimum Gasteiger partial charge on any atom is -0.494 e. The third kappa shape index (κ3) is 5.57. The van der Waals surface area contributed by atoms with Gasteiger partial charge in [-0.15, -0.1) is 0 Å². The molecule has 0 aromatic heterocycles. The second kappa shape index (κ2) is 11.4. The molecule has 0 N–H and O–H groups in total. The van der Waals surface area contributed by atoms with Crippen LogP contribution in [0.5, 0.6) is 5.75 Å². The fourth-order valence-electron chi connectivity index (χ4n) is 5.04. The number of nitrogens with zero attached hydrogens (tertiary/aromatic N) is 1. The average Bonchev–Trinajstić information content (AvgIpc) is 2.87. The topological polar surface area (TPSA) is 65.0 Å². The van der Waals surface area contributed by atoms with Crippen LogP contribution in [0.4, 0.5) is 0 Å². The van der Waals surface area contributed by atoms with Crippen molar-refractivity contribution in [3.8, 4) is 5.75 Å². The molecule has 4 rings (SSSR count). The highest BCUT2D eigenvalue weighted by molar-refractivity contribution is 6.30. The predicted octanol–water partition coefficient (Wildman–Crippen LogP) is 7.05. The minimum absolute atomic E-state index is 0.0270. The van der Waals surface area contributed by atoms with Gasteiger partial charge < -0.3 is 9.47 Å². The summed E-state index contributed by atoms with van der Waals surface area (Å²) in [5.41, 5.74) is 4.05. The number of allylic oxidation sites excluding steroid dienone is 2. The fraction of sp³-hybridized carbons (Fsp3) is 0.433. The third-order valence-electron chi connectivity index (χ3n) is 7.09. The molecule has 0 spiro atoms. The molecule has 0 bridgehead atoms. The van der Waals surface area contributed by atoms with Crippen LogP contribution in [-0.2, 0) is 14.3 Å². The Labute approximate surface area is 218 Å². The lowest BCUT2D eigenvalue weighted by Gasteiger charge is -2.37. The van der Waals surface area contributed by atoms with Gasteiger partial charge in [0.15, 0.2) is 5.78 Å². The Morgan fingerprint density at radius 3 is 2.36 bits per heavy atom. The van der Waals surface area contributed by atoms with E-state index in [0.29, 0.717) is 35.8 Å². The van der Waals surface area contributed by atoms with Crippen molar-refractivity contribution in [2.45, 2.75) is 71.3 Å². The molecule has 2 aromatic carbocycles. The predicted molar refractivity (Wildman–Crippen MR) is 143 cm³/mol. The van der Waals surface area contributed by atoms with E-state index in [4.69, 9.17) is 26.1 Å². The standard InChI is InChI=1S/C30H34ClNO4/c1-5-15-35-24-13-9-21(10-14-24)28-27(30(34)36-18(3)6-2)19(4)32-25-16-22(17-26(33)29(25)28)20-7-11-23(31)12-8-20/h7-14,18,22,27-28H,5-6,15-17H2,1-4H3. The molecule has 6 heteroatoms. The molecule has 36 heavy (non-hydrogen) atoms. The number of carbonyl (C=O) groups is 2. The van der Waals surface area contributed by atoms with Crippen LogP contribution in [0.15, 0.2) is 64.8 Å². The van der Waals surface area contributed by atoms with Crippen LogP contribution in [0, 0.1) is 5.92 Å². The molecule has 0 saturated heterocycles. The third-order valence-corrected chi connectivity index (χ3v) is 7.34. The zero-order valence-electron chi connectivity index (χ0n) is 21.4. The summed E-state index contributed by atoms with van der Waals surface area (Å²) >= 11 is 6.08. The van der Waals surface area contributed by atoms with Gasteiger partial charge in [0.1, 0.15) is 11.7 Å². The molecular weight excluding hydrogens is 474 g/mol. The van der Waals surface area contributed by atoms with Crippen molar-refractivity contribution >= 4 is 29.1 Å². The summed E-state index contributed by atoms with van der Waals surface area (Å²) in [6.07, 6.45) is 2.45. The molecule has 1 aliphatic heterocycles. The smallest absolute Gasteiger partial charge is 0.315 e. The van der Waals surface area contributed by atoms with E-state index in [1.807, 2.05) is 69.3 Å². The Morgan fingerprint density at radius 2 is 1.72 bits per heavy atom. The minimum atomic E-state index is -0.642.